The lowest BCUT2D eigenvalue weighted by molar-refractivity contribution is -0.139. The fourth-order valence-electron chi connectivity index (χ4n) is 2.35. The van der Waals surface area contributed by atoms with Crippen molar-refractivity contribution in [1.82, 2.24) is 10.2 Å². The molecule has 2 heterocycles. The maximum absolute atomic E-state index is 12.8. The largest absolute Gasteiger partial charge is 0.481 e. The van der Waals surface area contributed by atoms with Crippen LogP contribution in [0.15, 0.2) is 27.6 Å². The van der Waals surface area contributed by atoms with Gasteiger partial charge in [0.15, 0.2) is 12.4 Å². The fraction of sp³-hybridized carbons (Fsp3) is 0.235. The number of benzene rings is 1. The number of hydrogen-bond acceptors (Lipinski definition) is 8. The Bertz CT molecular complexity index is 957. The van der Waals surface area contributed by atoms with Crippen molar-refractivity contribution >= 4 is 61.9 Å². The van der Waals surface area contributed by atoms with Gasteiger partial charge in [-0.15, -0.1) is 21.5 Å². The third-order valence-corrected chi connectivity index (χ3v) is 6.37. The summed E-state index contributed by atoms with van der Waals surface area (Å²) >= 11 is 5.82. The number of ether oxygens (including phenoxy) is 1. The number of Topliss-reactive ketones (excluding diaryl/α,β-unsaturated/α-hetero) is 1. The topological polar surface area (TPSA) is 113 Å². The zero-order chi connectivity index (χ0) is 19.6. The van der Waals surface area contributed by atoms with E-state index < -0.39 is 18.5 Å². The monoisotopic (exact) mass is 467 g/mol. The average Bonchev–Trinajstić information content (AvgIpc) is 3.18. The molecule has 0 radical (unpaired) electrons. The molecule has 0 spiro atoms. The Balaban J connectivity index is 1.81. The Hall–Kier alpha value is -2.04. The number of carbonyl (C=O) groups is 2. The maximum Gasteiger partial charge on any atom is 0.341 e. The molecule has 27 heavy (non-hydrogen) atoms. The fourth-order valence-corrected chi connectivity index (χ4v) is 4.82. The van der Waals surface area contributed by atoms with E-state index in [-0.39, 0.29) is 10.8 Å². The highest BCUT2D eigenvalue weighted by atomic mass is 79.9. The number of aliphatic carboxylic acids is 1. The third kappa shape index (κ3) is 4.45. The van der Waals surface area contributed by atoms with Crippen LogP contribution in [-0.2, 0) is 16.0 Å². The van der Waals surface area contributed by atoms with Gasteiger partial charge in [-0.2, -0.15) is 0 Å². The molecule has 1 fully saturated rings. The van der Waals surface area contributed by atoms with Crippen LogP contribution in [-0.4, -0.2) is 38.7 Å². The first kappa shape index (κ1) is 19.7. The molecule has 0 unspecified atom stereocenters. The summed E-state index contributed by atoms with van der Waals surface area (Å²) < 4.78 is 5.74. The number of ketones is 1. The molecule has 1 saturated heterocycles. The first-order chi connectivity index (χ1) is 12.9. The summed E-state index contributed by atoms with van der Waals surface area (Å²) in [7, 11) is 0. The zero-order valence-corrected chi connectivity index (χ0v) is 17.3. The molecule has 1 atom stereocenters. The highest BCUT2D eigenvalue weighted by Crippen LogP contribution is 2.41. The van der Waals surface area contributed by atoms with Gasteiger partial charge in [0.05, 0.1) is 14.4 Å². The van der Waals surface area contributed by atoms with Crippen molar-refractivity contribution < 1.29 is 19.4 Å². The summed E-state index contributed by atoms with van der Waals surface area (Å²) in [4.78, 5) is 23.8. The van der Waals surface area contributed by atoms with Crippen LogP contribution in [0.25, 0.3) is 6.08 Å². The van der Waals surface area contributed by atoms with Crippen LogP contribution in [0.4, 0.5) is 0 Å². The standard InChI is InChI=1S/C17H14BrN3O4S2/c1-2-12-20-21-17(27-12)14-15(24)11(26-16(14)19)6-8-3-4-10(9(18)5-8)25-7-13(22)23/h3-6,14,19H,2,7H2,1H3,(H,22,23)/b11-6-,19-16?/t14-/m0/s1. The minimum absolute atomic E-state index is 0.161. The maximum atomic E-state index is 12.8. The molecule has 3 rings (SSSR count). The van der Waals surface area contributed by atoms with E-state index >= 15 is 0 Å². The Labute approximate surface area is 171 Å². The Morgan fingerprint density at radius 1 is 1.44 bits per heavy atom. The van der Waals surface area contributed by atoms with E-state index in [9.17, 15) is 9.59 Å². The highest BCUT2D eigenvalue weighted by Gasteiger charge is 2.39. The number of rotatable bonds is 6. The molecule has 0 aliphatic carbocycles. The molecular weight excluding hydrogens is 454 g/mol. The SMILES string of the molecule is CCc1nnc([C@@H]2C(=N)S/C(=C\c3ccc(OCC(=O)O)c(Br)c3)C2=O)s1. The number of hydrogen-bond donors (Lipinski definition) is 2. The van der Waals surface area contributed by atoms with Crippen LogP contribution in [0, 0.1) is 5.41 Å². The normalized spacial score (nSPS) is 18.3. The van der Waals surface area contributed by atoms with Gasteiger partial charge in [-0.05, 0) is 46.1 Å². The number of carbonyl (C=O) groups excluding carboxylic acids is 1. The lowest BCUT2D eigenvalue weighted by Gasteiger charge is -2.06. The van der Waals surface area contributed by atoms with Crippen molar-refractivity contribution in [2.45, 2.75) is 19.3 Å². The number of carboxylic acids is 1. The van der Waals surface area contributed by atoms with Crippen LogP contribution in [0.3, 0.4) is 0 Å². The quantitative estimate of drug-likeness (QED) is 0.621. The molecule has 1 aliphatic rings. The molecule has 2 aromatic rings. The van der Waals surface area contributed by atoms with Gasteiger partial charge in [-0.1, -0.05) is 24.8 Å². The average molecular weight is 468 g/mol. The number of thioether (sulfide) groups is 1. The predicted octanol–water partition coefficient (Wildman–Crippen LogP) is 3.74. The van der Waals surface area contributed by atoms with Crippen molar-refractivity contribution in [2.24, 2.45) is 0 Å². The van der Waals surface area contributed by atoms with E-state index in [0.29, 0.717) is 20.1 Å². The third-order valence-electron chi connectivity index (χ3n) is 3.62. The smallest absolute Gasteiger partial charge is 0.341 e. The van der Waals surface area contributed by atoms with Crippen molar-refractivity contribution in [3.63, 3.8) is 0 Å². The zero-order valence-electron chi connectivity index (χ0n) is 14.1. The van der Waals surface area contributed by atoms with E-state index in [2.05, 4.69) is 26.1 Å². The van der Waals surface area contributed by atoms with Crippen LogP contribution in [0.1, 0.15) is 28.4 Å². The first-order valence-corrected chi connectivity index (χ1v) is 10.3. The molecule has 0 bridgehead atoms. The molecule has 10 heteroatoms. The van der Waals surface area contributed by atoms with Crippen molar-refractivity contribution in [2.75, 3.05) is 6.61 Å². The van der Waals surface area contributed by atoms with Gasteiger partial charge in [-0.3, -0.25) is 10.2 Å². The van der Waals surface area contributed by atoms with E-state index in [4.69, 9.17) is 15.3 Å². The molecule has 1 aromatic carbocycles. The van der Waals surface area contributed by atoms with Gasteiger partial charge in [0, 0.05) is 0 Å². The Morgan fingerprint density at radius 2 is 2.22 bits per heavy atom. The van der Waals surface area contributed by atoms with Crippen molar-refractivity contribution in [3.05, 3.63) is 43.2 Å². The summed E-state index contributed by atoms with van der Waals surface area (Å²) in [6, 6.07) is 5.08. The molecule has 140 valence electrons. The lowest BCUT2D eigenvalue weighted by atomic mass is 10.1. The number of halogens is 1. The number of nitrogens with zero attached hydrogens (tertiary/aromatic N) is 2. The Kier molecular flexibility index (Phi) is 6.08. The second-order valence-corrected chi connectivity index (χ2v) is 8.56. The van der Waals surface area contributed by atoms with Crippen molar-refractivity contribution in [3.8, 4) is 5.75 Å². The van der Waals surface area contributed by atoms with E-state index in [1.807, 2.05) is 6.92 Å². The summed E-state index contributed by atoms with van der Waals surface area (Å²) in [5.41, 5.74) is 0.736. The van der Waals surface area contributed by atoms with Crippen molar-refractivity contribution in [1.29, 1.82) is 5.41 Å². The molecular formula is C17H14BrN3O4S2. The number of aromatic nitrogens is 2. The number of carboxylic acid groups (broad SMARTS) is 1. The molecule has 1 aromatic heterocycles. The van der Waals surface area contributed by atoms with Gasteiger partial charge < -0.3 is 9.84 Å². The summed E-state index contributed by atoms with van der Waals surface area (Å²) in [5, 5.41) is 26.6. The number of aryl methyl sites for hydroxylation is 1. The summed E-state index contributed by atoms with van der Waals surface area (Å²) in [6.45, 7) is 1.53. The minimum Gasteiger partial charge on any atom is -0.481 e. The molecule has 2 N–H and O–H groups in total. The second kappa shape index (κ2) is 8.32. The molecule has 1 aliphatic heterocycles. The summed E-state index contributed by atoms with van der Waals surface area (Å²) in [5.74, 6) is -1.50. The van der Waals surface area contributed by atoms with Crippen LogP contribution >= 0.6 is 39.0 Å². The van der Waals surface area contributed by atoms with Gasteiger partial charge >= 0.3 is 5.97 Å². The van der Waals surface area contributed by atoms with Crippen LogP contribution in [0.5, 0.6) is 5.75 Å². The van der Waals surface area contributed by atoms with E-state index in [0.717, 1.165) is 28.8 Å². The molecule has 0 saturated carbocycles. The van der Waals surface area contributed by atoms with Gasteiger partial charge in [-0.25, -0.2) is 4.79 Å². The first-order valence-electron chi connectivity index (χ1n) is 7.87. The van der Waals surface area contributed by atoms with E-state index in [1.165, 1.54) is 11.3 Å². The predicted molar refractivity (Wildman–Crippen MR) is 108 cm³/mol. The van der Waals surface area contributed by atoms with Gasteiger partial charge in [0.25, 0.3) is 0 Å². The van der Waals surface area contributed by atoms with Crippen LogP contribution in [0.2, 0.25) is 0 Å². The van der Waals surface area contributed by atoms with Gasteiger partial charge in [0.2, 0.25) is 0 Å². The lowest BCUT2D eigenvalue weighted by Crippen LogP contribution is -2.11. The molecule has 0 amide bonds. The van der Waals surface area contributed by atoms with Gasteiger partial charge in [0.1, 0.15) is 21.7 Å². The second-order valence-electron chi connectivity index (χ2n) is 5.53. The minimum atomic E-state index is -1.06. The summed E-state index contributed by atoms with van der Waals surface area (Å²) in [6.07, 6.45) is 2.45. The number of nitrogens with one attached hydrogen (secondary N) is 1. The highest BCUT2D eigenvalue weighted by molar-refractivity contribution is 9.10. The van der Waals surface area contributed by atoms with Crippen LogP contribution < -0.4 is 4.74 Å². The Morgan fingerprint density at radius 3 is 2.85 bits per heavy atom. The molecule has 7 nitrogen and oxygen atoms in total. The number of allylic oxidation sites excluding steroid dienone is 1. The van der Waals surface area contributed by atoms with E-state index in [1.54, 1.807) is 24.3 Å².